The van der Waals surface area contributed by atoms with Crippen LogP contribution in [0.15, 0.2) is 28.7 Å². The first-order valence-corrected chi connectivity index (χ1v) is 9.37. The first-order chi connectivity index (χ1) is 13.4. The molecule has 2 aromatic rings. The predicted molar refractivity (Wildman–Crippen MR) is 103 cm³/mol. The summed E-state index contributed by atoms with van der Waals surface area (Å²) in [4.78, 5) is 27.3. The number of ketones is 1. The van der Waals surface area contributed by atoms with E-state index in [1.807, 2.05) is 25.1 Å². The average Bonchev–Trinajstić information content (AvgIpc) is 3.11. The number of hydrogen-bond acceptors (Lipinski definition) is 9. The van der Waals surface area contributed by atoms with E-state index in [0.717, 1.165) is 22.5 Å². The van der Waals surface area contributed by atoms with Crippen molar-refractivity contribution in [3.05, 3.63) is 40.4 Å². The number of rotatable bonds is 7. The fraction of sp³-hybridized carbons (Fsp3) is 0.294. The monoisotopic (exact) mass is 403 g/mol. The zero-order valence-corrected chi connectivity index (χ0v) is 15.8. The number of hydrogen-bond donors (Lipinski definition) is 4. The first kappa shape index (κ1) is 19.8. The van der Waals surface area contributed by atoms with Crippen LogP contribution >= 0.6 is 11.3 Å². The number of Topliss-reactive ketones (excluding diaryl/α,β-unsaturated/α-hetero) is 1. The predicted octanol–water partition coefficient (Wildman–Crippen LogP) is 1.57. The SMILES string of the molecule is Cc1cccc2c1OB(O)[C@@H](CC(=O)/C(=N\O)c1csc(NCC(=O)O)n1)C2. The first-order valence-electron chi connectivity index (χ1n) is 8.49. The van der Waals surface area contributed by atoms with Crippen LogP contribution in [0, 0.1) is 6.92 Å². The molecule has 1 aliphatic rings. The molecular weight excluding hydrogens is 385 g/mol. The van der Waals surface area contributed by atoms with Gasteiger partial charge in [0.2, 0.25) is 0 Å². The van der Waals surface area contributed by atoms with Crippen molar-refractivity contribution in [1.82, 2.24) is 4.98 Å². The second-order valence-electron chi connectivity index (χ2n) is 6.40. The Kier molecular flexibility index (Phi) is 5.95. The quantitative estimate of drug-likeness (QED) is 0.236. The van der Waals surface area contributed by atoms with Gasteiger partial charge in [-0.2, -0.15) is 0 Å². The number of aryl methyl sites for hydroxylation is 1. The number of carbonyl (C=O) groups excluding carboxylic acids is 1. The van der Waals surface area contributed by atoms with Crippen LogP contribution in [0.4, 0.5) is 5.13 Å². The van der Waals surface area contributed by atoms with Crippen molar-refractivity contribution in [1.29, 1.82) is 0 Å². The number of thiazole rings is 1. The lowest BCUT2D eigenvalue weighted by atomic mass is 9.64. The lowest BCUT2D eigenvalue weighted by Crippen LogP contribution is -2.36. The minimum atomic E-state index is -1.15. The van der Waals surface area contributed by atoms with Gasteiger partial charge in [-0.05, 0) is 24.5 Å². The van der Waals surface area contributed by atoms with E-state index in [1.165, 1.54) is 5.38 Å². The fourth-order valence-corrected chi connectivity index (χ4v) is 3.71. The van der Waals surface area contributed by atoms with Crippen molar-refractivity contribution in [2.75, 3.05) is 11.9 Å². The summed E-state index contributed by atoms with van der Waals surface area (Å²) in [5.41, 5.74) is 1.69. The van der Waals surface area contributed by atoms with Gasteiger partial charge in [0, 0.05) is 17.6 Å². The third kappa shape index (κ3) is 4.31. The van der Waals surface area contributed by atoms with Gasteiger partial charge in [-0.25, -0.2) is 4.98 Å². The molecule has 4 N–H and O–H groups in total. The minimum absolute atomic E-state index is 0.0939. The van der Waals surface area contributed by atoms with Gasteiger partial charge in [0.25, 0.3) is 0 Å². The van der Waals surface area contributed by atoms with Gasteiger partial charge in [-0.3, -0.25) is 9.59 Å². The number of fused-ring (bicyclic) bond motifs is 1. The number of aromatic nitrogens is 1. The molecule has 0 radical (unpaired) electrons. The molecule has 0 saturated carbocycles. The third-order valence-corrected chi connectivity index (χ3v) is 5.17. The number of nitrogens with zero attached hydrogens (tertiary/aromatic N) is 2. The van der Waals surface area contributed by atoms with Crippen LogP contribution in [0.25, 0.3) is 0 Å². The highest BCUT2D eigenvalue weighted by atomic mass is 32.1. The van der Waals surface area contributed by atoms with Crippen LogP contribution in [0.5, 0.6) is 5.75 Å². The van der Waals surface area contributed by atoms with Gasteiger partial charge >= 0.3 is 13.1 Å². The van der Waals surface area contributed by atoms with Crippen molar-refractivity contribution >= 4 is 41.1 Å². The Morgan fingerprint density at radius 2 is 2.25 bits per heavy atom. The Balaban J connectivity index is 1.70. The van der Waals surface area contributed by atoms with Gasteiger partial charge in [-0.1, -0.05) is 23.4 Å². The van der Waals surface area contributed by atoms with Gasteiger partial charge in [-0.15, -0.1) is 11.3 Å². The van der Waals surface area contributed by atoms with Crippen LogP contribution in [0.2, 0.25) is 5.82 Å². The fourth-order valence-electron chi connectivity index (χ4n) is 3.02. The third-order valence-electron chi connectivity index (χ3n) is 4.37. The topological polar surface area (TPSA) is 141 Å². The summed E-state index contributed by atoms with van der Waals surface area (Å²) < 4.78 is 5.58. The number of para-hydroxylation sites is 1. The van der Waals surface area contributed by atoms with Crippen molar-refractivity contribution in [3.8, 4) is 5.75 Å². The molecule has 0 fully saturated rings. The van der Waals surface area contributed by atoms with E-state index in [-0.39, 0.29) is 29.5 Å². The average molecular weight is 403 g/mol. The number of nitrogens with one attached hydrogen (secondary N) is 1. The molecule has 1 atom stereocenters. The number of oxime groups is 1. The molecule has 0 bridgehead atoms. The number of carboxylic acids is 1. The summed E-state index contributed by atoms with van der Waals surface area (Å²) >= 11 is 1.09. The van der Waals surface area contributed by atoms with Gasteiger partial charge in [0.1, 0.15) is 18.0 Å². The Morgan fingerprint density at radius 3 is 2.96 bits per heavy atom. The normalized spacial score (nSPS) is 16.3. The van der Waals surface area contributed by atoms with Crippen molar-refractivity contribution in [3.63, 3.8) is 0 Å². The Labute approximate surface area is 164 Å². The molecular formula is C17H18BN3O6S. The second kappa shape index (κ2) is 8.40. The number of anilines is 1. The van der Waals surface area contributed by atoms with Crippen molar-refractivity contribution in [2.24, 2.45) is 5.16 Å². The van der Waals surface area contributed by atoms with Crippen molar-refractivity contribution < 1.29 is 29.6 Å². The molecule has 1 aromatic heterocycles. The van der Waals surface area contributed by atoms with Gasteiger partial charge in [0.15, 0.2) is 16.6 Å². The van der Waals surface area contributed by atoms with Crippen LogP contribution in [0.3, 0.4) is 0 Å². The van der Waals surface area contributed by atoms with E-state index >= 15 is 0 Å². The second-order valence-corrected chi connectivity index (χ2v) is 7.25. The standard InChI is InChI=1S/C17H18BN3O6S/c1-9-3-2-4-10-5-11(18(25)27-16(9)10)6-13(22)15(21-26)12-8-28-17(20-12)19-7-14(23)24/h2-4,8,11,25-26H,5-7H2,1H3,(H,19,20)(H,23,24)/b21-15-/t11-/m1/s1. The largest absolute Gasteiger partial charge is 0.536 e. The maximum atomic E-state index is 12.6. The Morgan fingerprint density at radius 1 is 1.46 bits per heavy atom. The number of benzene rings is 1. The van der Waals surface area contributed by atoms with Crippen LogP contribution in [0.1, 0.15) is 23.2 Å². The highest BCUT2D eigenvalue weighted by Gasteiger charge is 2.37. The summed E-state index contributed by atoms with van der Waals surface area (Å²) in [5, 5.41) is 35.7. The van der Waals surface area contributed by atoms with Crippen LogP contribution in [-0.2, 0) is 16.0 Å². The Bertz CT molecular complexity index is 931. The van der Waals surface area contributed by atoms with E-state index in [9.17, 15) is 19.8 Å². The molecule has 2 heterocycles. The maximum Gasteiger partial charge on any atom is 0.526 e. The molecule has 0 unspecified atom stereocenters. The number of aliphatic carboxylic acids is 1. The highest BCUT2D eigenvalue weighted by molar-refractivity contribution is 7.14. The van der Waals surface area contributed by atoms with E-state index in [2.05, 4.69) is 15.5 Å². The molecule has 1 aliphatic heterocycles. The summed E-state index contributed by atoms with van der Waals surface area (Å²) in [6.07, 6.45) is 0.356. The van der Waals surface area contributed by atoms with E-state index in [4.69, 9.17) is 9.76 Å². The summed E-state index contributed by atoms with van der Waals surface area (Å²) in [5.74, 6) is -1.42. The molecule has 1 aromatic carbocycles. The van der Waals surface area contributed by atoms with Gasteiger partial charge < -0.3 is 25.3 Å². The summed E-state index contributed by atoms with van der Waals surface area (Å²) in [6.45, 7) is 1.56. The summed E-state index contributed by atoms with van der Waals surface area (Å²) in [7, 11) is -1.15. The lowest BCUT2D eigenvalue weighted by Gasteiger charge is -2.28. The zero-order chi connectivity index (χ0) is 20.3. The number of carbonyl (C=O) groups is 2. The molecule has 0 amide bonds. The molecule has 9 nitrogen and oxygen atoms in total. The van der Waals surface area contributed by atoms with E-state index in [1.54, 1.807) is 0 Å². The smallest absolute Gasteiger partial charge is 0.526 e. The molecule has 28 heavy (non-hydrogen) atoms. The van der Waals surface area contributed by atoms with Crippen LogP contribution in [-0.4, -0.2) is 51.4 Å². The highest BCUT2D eigenvalue weighted by Crippen LogP contribution is 2.36. The molecule has 0 saturated heterocycles. The molecule has 0 spiro atoms. The van der Waals surface area contributed by atoms with Crippen LogP contribution < -0.4 is 9.97 Å². The summed E-state index contributed by atoms with van der Waals surface area (Å²) in [6, 6.07) is 5.65. The lowest BCUT2D eigenvalue weighted by molar-refractivity contribution is -0.135. The molecule has 3 rings (SSSR count). The molecule has 11 heteroatoms. The van der Waals surface area contributed by atoms with E-state index in [0.29, 0.717) is 12.2 Å². The molecule has 0 aliphatic carbocycles. The maximum absolute atomic E-state index is 12.6. The van der Waals surface area contributed by atoms with Gasteiger partial charge in [0.05, 0.1) is 0 Å². The number of carboxylic acid groups (broad SMARTS) is 1. The minimum Gasteiger partial charge on any atom is -0.536 e. The van der Waals surface area contributed by atoms with E-state index < -0.39 is 24.7 Å². The Hall–Kier alpha value is -2.92. The molecule has 146 valence electrons. The zero-order valence-electron chi connectivity index (χ0n) is 15.0. The van der Waals surface area contributed by atoms with Crippen molar-refractivity contribution in [2.45, 2.75) is 25.6 Å².